The first-order valence-corrected chi connectivity index (χ1v) is 6.58. The number of nitrogens with two attached hydrogens (primary N) is 1. The van der Waals surface area contributed by atoms with Crippen LogP contribution in [0.3, 0.4) is 0 Å². The van der Waals surface area contributed by atoms with Crippen LogP contribution in [0.1, 0.15) is 55.2 Å². The van der Waals surface area contributed by atoms with Gasteiger partial charge in [0.1, 0.15) is 5.82 Å². The summed E-state index contributed by atoms with van der Waals surface area (Å²) in [5, 5.41) is 0.147. The standard InChI is InChI=1S/C14H17ClFNO/c1-7(2)9-5-11(15)14(16)13(8-3-4-8)10(9)6-12(17)18/h5,7-8H,3-4,6H2,1-2H3,(H2,17,18). The summed E-state index contributed by atoms with van der Waals surface area (Å²) in [7, 11) is 0. The van der Waals surface area contributed by atoms with Crippen LogP contribution in [0.4, 0.5) is 4.39 Å². The minimum absolute atomic E-state index is 0.0907. The SMILES string of the molecule is CC(C)c1cc(Cl)c(F)c(C2CC2)c1CC(N)=O. The summed E-state index contributed by atoms with van der Waals surface area (Å²) in [6.45, 7) is 4.01. The van der Waals surface area contributed by atoms with Gasteiger partial charge < -0.3 is 5.73 Å². The van der Waals surface area contributed by atoms with E-state index in [4.69, 9.17) is 17.3 Å². The predicted octanol–water partition coefficient (Wildman–Crippen LogP) is 3.51. The Bertz CT molecular complexity index is 495. The fraction of sp³-hybridized carbons (Fsp3) is 0.500. The summed E-state index contributed by atoms with van der Waals surface area (Å²) in [6, 6.07) is 1.63. The van der Waals surface area contributed by atoms with E-state index >= 15 is 0 Å². The van der Waals surface area contributed by atoms with Gasteiger partial charge in [0.15, 0.2) is 0 Å². The molecule has 0 atom stereocenters. The van der Waals surface area contributed by atoms with Gasteiger partial charge in [0.05, 0.1) is 11.4 Å². The molecule has 1 amide bonds. The van der Waals surface area contributed by atoms with E-state index in [9.17, 15) is 9.18 Å². The Balaban J connectivity index is 2.62. The van der Waals surface area contributed by atoms with Gasteiger partial charge in [-0.15, -0.1) is 0 Å². The molecule has 1 fully saturated rings. The van der Waals surface area contributed by atoms with Gasteiger partial charge >= 0.3 is 0 Å². The predicted molar refractivity (Wildman–Crippen MR) is 70.4 cm³/mol. The number of halogens is 2. The molecule has 1 aliphatic rings. The second-order valence-electron chi connectivity index (χ2n) is 5.23. The number of amides is 1. The van der Waals surface area contributed by atoms with E-state index in [1.54, 1.807) is 6.07 Å². The zero-order valence-electron chi connectivity index (χ0n) is 10.6. The van der Waals surface area contributed by atoms with Crippen LogP contribution >= 0.6 is 11.6 Å². The normalized spacial score (nSPS) is 15.2. The number of carbonyl (C=O) groups excluding carboxylic acids is 1. The largest absolute Gasteiger partial charge is 0.369 e. The highest BCUT2D eigenvalue weighted by atomic mass is 35.5. The Hall–Kier alpha value is -1.09. The number of rotatable bonds is 4. The van der Waals surface area contributed by atoms with Crippen molar-refractivity contribution in [1.82, 2.24) is 0 Å². The van der Waals surface area contributed by atoms with Gasteiger partial charge in [0.2, 0.25) is 5.91 Å². The van der Waals surface area contributed by atoms with Crippen LogP contribution in [0.2, 0.25) is 5.02 Å². The highest BCUT2D eigenvalue weighted by Gasteiger charge is 2.32. The second-order valence-corrected chi connectivity index (χ2v) is 5.63. The van der Waals surface area contributed by atoms with E-state index in [0.717, 1.165) is 24.0 Å². The van der Waals surface area contributed by atoms with Crippen LogP contribution in [-0.2, 0) is 11.2 Å². The molecular formula is C14H17ClFNO. The number of benzene rings is 1. The maximum atomic E-state index is 14.2. The smallest absolute Gasteiger partial charge is 0.221 e. The van der Waals surface area contributed by atoms with Crippen molar-refractivity contribution in [3.8, 4) is 0 Å². The Morgan fingerprint density at radius 3 is 2.61 bits per heavy atom. The number of carbonyl (C=O) groups is 1. The average molecular weight is 270 g/mol. The molecular weight excluding hydrogens is 253 g/mol. The lowest BCUT2D eigenvalue weighted by molar-refractivity contribution is -0.117. The fourth-order valence-corrected chi connectivity index (χ4v) is 2.61. The van der Waals surface area contributed by atoms with Crippen molar-refractivity contribution in [3.63, 3.8) is 0 Å². The molecule has 4 heteroatoms. The summed E-state index contributed by atoms with van der Waals surface area (Å²) in [5.41, 5.74) is 7.58. The zero-order valence-corrected chi connectivity index (χ0v) is 11.4. The van der Waals surface area contributed by atoms with Gasteiger partial charge in [0, 0.05) is 0 Å². The summed E-state index contributed by atoms with van der Waals surface area (Å²) in [5.74, 6) is -0.411. The minimum Gasteiger partial charge on any atom is -0.369 e. The third-order valence-corrected chi connectivity index (χ3v) is 3.64. The first kappa shape index (κ1) is 13.3. The molecule has 0 unspecified atom stereocenters. The lowest BCUT2D eigenvalue weighted by Gasteiger charge is -2.18. The molecule has 0 heterocycles. The Morgan fingerprint density at radius 1 is 1.56 bits per heavy atom. The van der Waals surface area contributed by atoms with Crippen LogP contribution in [0.5, 0.6) is 0 Å². The summed E-state index contributed by atoms with van der Waals surface area (Å²) in [6.07, 6.45) is 2.01. The van der Waals surface area contributed by atoms with Crippen molar-refractivity contribution in [2.24, 2.45) is 5.73 Å². The van der Waals surface area contributed by atoms with E-state index in [2.05, 4.69) is 0 Å². The van der Waals surface area contributed by atoms with Crippen molar-refractivity contribution in [2.45, 2.75) is 44.9 Å². The Kier molecular flexibility index (Phi) is 3.62. The van der Waals surface area contributed by atoms with Crippen molar-refractivity contribution in [2.75, 3.05) is 0 Å². The molecule has 1 aromatic carbocycles. The molecule has 1 aromatic rings. The molecule has 0 radical (unpaired) electrons. The van der Waals surface area contributed by atoms with E-state index in [1.807, 2.05) is 13.8 Å². The van der Waals surface area contributed by atoms with E-state index in [0.29, 0.717) is 5.56 Å². The van der Waals surface area contributed by atoms with Gasteiger partial charge in [-0.1, -0.05) is 25.4 Å². The molecule has 1 aliphatic carbocycles. The lowest BCUT2D eigenvalue weighted by atomic mass is 9.89. The van der Waals surface area contributed by atoms with Crippen molar-refractivity contribution in [3.05, 3.63) is 33.6 Å². The van der Waals surface area contributed by atoms with Gasteiger partial charge in [-0.3, -0.25) is 4.79 Å². The summed E-state index contributed by atoms with van der Waals surface area (Å²) < 4.78 is 14.2. The molecule has 0 aliphatic heterocycles. The minimum atomic E-state index is -0.430. The summed E-state index contributed by atoms with van der Waals surface area (Å²) in [4.78, 5) is 11.2. The highest BCUT2D eigenvalue weighted by molar-refractivity contribution is 6.31. The maximum Gasteiger partial charge on any atom is 0.221 e. The molecule has 2 nitrogen and oxygen atoms in total. The molecule has 0 saturated heterocycles. The quantitative estimate of drug-likeness (QED) is 0.893. The first-order valence-electron chi connectivity index (χ1n) is 6.20. The maximum absolute atomic E-state index is 14.2. The molecule has 0 bridgehead atoms. The summed E-state index contributed by atoms with van der Waals surface area (Å²) >= 11 is 5.95. The lowest BCUT2D eigenvalue weighted by Crippen LogP contribution is -2.17. The van der Waals surface area contributed by atoms with Gasteiger partial charge in [0.25, 0.3) is 0 Å². The van der Waals surface area contributed by atoms with Gasteiger partial charge in [-0.25, -0.2) is 4.39 Å². The average Bonchev–Trinajstić information content (AvgIpc) is 3.06. The van der Waals surface area contributed by atoms with Gasteiger partial charge in [-0.05, 0) is 47.4 Å². The molecule has 1 saturated carbocycles. The van der Waals surface area contributed by atoms with Crippen molar-refractivity contribution < 1.29 is 9.18 Å². The third kappa shape index (κ3) is 2.51. The second kappa shape index (κ2) is 4.88. The van der Waals surface area contributed by atoms with E-state index < -0.39 is 5.91 Å². The van der Waals surface area contributed by atoms with Crippen molar-refractivity contribution >= 4 is 17.5 Å². The van der Waals surface area contributed by atoms with Crippen LogP contribution < -0.4 is 5.73 Å². The number of hydrogen-bond acceptors (Lipinski definition) is 1. The Morgan fingerprint density at radius 2 is 2.17 bits per heavy atom. The van der Waals surface area contributed by atoms with Crippen molar-refractivity contribution in [1.29, 1.82) is 0 Å². The van der Waals surface area contributed by atoms with E-state index in [1.165, 1.54) is 0 Å². The van der Waals surface area contributed by atoms with Crippen LogP contribution in [-0.4, -0.2) is 5.91 Å². The molecule has 2 N–H and O–H groups in total. The van der Waals surface area contributed by atoms with Gasteiger partial charge in [-0.2, -0.15) is 0 Å². The topological polar surface area (TPSA) is 43.1 Å². The fourth-order valence-electron chi connectivity index (χ4n) is 2.39. The molecule has 0 spiro atoms. The molecule has 98 valence electrons. The zero-order chi connectivity index (χ0) is 13.4. The molecule has 2 rings (SSSR count). The van der Waals surface area contributed by atoms with Crippen LogP contribution in [0.15, 0.2) is 6.07 Å². The first-order chi connectivity index (χ1) is 8.41. The van der Waals surface area contributed by atoms with E-state index in [-0.39, 0.29) is 29.1 Å². The van der Waals surface area contributed by atoms with Crippen LogP contribution in [0.25, 0.3) is 0 Å². The molecule has 18 heavy (non-hydrogen) atoms. The van der Waals surface area contributed by atoms with Crippen LogP contribution in [0, 0.1) is 5.82 Å². The monoisotopic (exact) mass is 269 g/mol. The number of hydrogen-bond donors (Lipinski definition) is 1. The number of primary amides is 1. The molecule has 0 aromatic heterocycles. The third-order valence-electron chi connectivity index (χ3n) is 3.36. The Labute approximate surface area is 111 Å². The highest BCUT2D eigenvalue weighted by Crippen LogP contribution is 2.46.